The van der Waals surface area contributed by atoms with E-state index in [0.717, 1.165) is 26.1 Å². The molecule has 15 heavy (non-hydrogen) atoms. The van der Waals surface area contributed by atoms with E-state index in [0.29, 0.717) is 11.6 Å². The molecule has 2 N–H and O–H groups in total. The molecular formula is C10H16N4O. The first-order valence-corrected chi connectivity index (χ1v) is 5.22. The topological polar surface area (TPSA) is 59.0 Å². The van der Waals surface area contributed by atoms with Gasteiger partial charge in [0.25, 0.3) is 5.91 Å². The quantitative estimate of drug-likeness (QED) is 0.720. The van der Waals surface area contributed by atoms with Gasteiger partial charge in [-0.2, -0.15) is 0 Å². The molecule has 0 spiro atoms. The highest BCUT2D eigenvalue weighted by Crippen LogP contribution is 2.05. The third kappa shape index (κ3) is 2.56. The Balaban J connectivity index is 1.81. The number of imidazole rings is 1. The van der Waals surface area contributed by atoms with E-state index in [1.807, 2.05) is 7.05 Å². The molecule has 1 aromatic rings. The molecule has 1 aliphatic rings. The van der Waals surface area contributed by atoms with Crippen LogP contribution >= 0.6 is 0 Å². The fourth-order valence-electron chi connectivity index (χ4n) is 1.75. The molecule has 1 saturated heterocycles. The summed E-state index contributed by atoms with van der Waals surface area (Å²) < 4.78 is 1.77. The first-order chi connectivity index (χ1) is 7.25. The molecule has 0 saturated carbocycles. The average molecular weight is 208 g/mol. The lowest BCUT2D eigenvalue weighted by Crippen LogP contribution is -2.30. The molecule has 1 aliphatic heterocycles. The fourth-order valence-corrected chi connectivity index (χ4v) is 1.75. The maximum absolute atomic E-state index is 11.6. The summed E-state index contributed by atoms with van der Waals surface area (Å²) in [6.45, 7) is 2.80. The monoisotopic (exact) mass is 208 g/mol. The molecule has 1 aromatic heterocycles. The zero-order valence-corrected chi connectivity index (χ0v) is 8.86. The van der Waals surface area contributed by atoms with Crippen LogP contribution in [0.15, 0.2) is 12.5 Å². The number of aromatic nitrogens is 2. The normalized spacial score (nSPS) is 20.5. The van der Waals surface area contributed by atoms with Crippen LogP contribution in [-0.4, -0.2) is 35.1 Å². The van der Waals surface area contributed by atoms with Gasteiger partial charge in [0, 0.05) is 19.8 Å². The largest absolute Gasteiger partial charge is 0.350 e. The van der Waals surface area contributed by atoms with E-state index in [2.05, 4.69) is 15.6 Å². The zero-order valence-electron chi connectivity index (χ0n) is 8.86. The van der Waals surface area contributed by atoms with Crippen molar-refractivity contribution in [3.8, 4) is 0 Å². The van der Waals surface area contributed by atoms with Crippen molar-refractivity contribution < 1.29 is 4.79 Å². The number of nitrogens with zero attached hydrogens (tertiary/aromatic N) is 2. The number of aryl methyl sites for hydroxylation is 1. The van der Waals surface area contributed by atoms with Crippen molar-refractivity contribution in [2.45, 2.75) is 6.42 Å². The molecule has 1 atom stereocenters. The number of hydrogen-bond acceptors (Lipinski definition) is 3. The Labute approximate surface area is 88.9 Å². The molecule has 0 aliphatic carbocycles. The minimum absolute atomic E-state index is 0.0810. The van der Waals surface area contributed by atoms with Gasteiger partial charge in [0.05, 0.1) is 6.33 Å². The number of amides is 1. The maximum Gasteiger partial charge on any atom is 0.271 e. The van der Waals surface area contributed by atoms with Crippen molar-refractivity contribution in [2.24, 2.45) is 13.0 Å². The molecule has 82 valence electrons. The molecule has 5 heteroatoms. The van der Waals surface area contributed by atoms with Gasteiger partial charge in [0.2, 0.25) is 0 Å². The van der Waals surface area contributed by atoms with Gasteiger partial charge in [-0.25, -0.2) is 4.98 Å². The Bertz CT molecular complexity index is 341. The molecule has 1 amide bonds. The number of carbonyl (C=O) groups is 1. The zero-order chi connectivity index (χ0) is 10.7. The van der Waals surface area contributed by atoms with Gasteiger partial charge in [-0.1, -0.05) is 0 Å². The van der Waals surface area contributed by atoms with Crippen LogP contribution in [0.4, 0.5) is 0 Å². The Kier molecular flexibility index (Phi) is 3.01. The fraction of sp³-hybridized carbons (Fsp3) is 0.600. The van der Waals surface area contributed by atoms with Crippen LogP contribution in [0.3, 0.4) is 0 Å². The molecular weight excluding hydrogens is 192 g/mol. The van der Waals surface area contributed by atoms with E-state index < -0.39 is 0 Å². The smallest absolute Gasteiger partial charge is 0.271 e. The van der Waals surface area contributed by atoms with Crippen LogP contribution < -0.4 is 10.6 Å². The summed E-state index contributed by atoms with van der Waals surface area (Å²) in [6.07, 6.45) is 4.50. The highest BCUT2D eigenvalue weighted by Gasteiger charge is 2.16. The van der Waals surface area contributed by atoms with Gasteiger partial charge >= 0.3 is 0 Å². The lowest BCUT2D eigenvalue weighted by atomic mass is 10.1. The van der Waals surface area contributed by atoms with E-state index in [1.165, 1.54) is 0 Å². The van der Waals surface area contributed by atoms with Gasteiger partial charge in [-0.05, 0) is 25.4 Å². The van der Waals surface area contributed by atoms with Crippen molar-refractivity contribution in [1.82, 2.24) is 20.2 Å². The van der Waals surface area contributed by atoms with Crippen molar-refractivity contribution in [3.63, 3.8) is 0 Å². The SMILES string of the molecule is Cn1cnc(C(=O)NCC2CCNC2)c1. The number of rotatable bonds is 3. The molecule has 0 bridgehead atoms. The number of carbonyl (C=O) groups excluding carboxylic acids is 1. The van der Waals surface area contributed by atoms with Crippen LogP contribution in [0.2, 0.25) is 0 Å². The van der Waals surface area contributed by atoms with E-state index in [9.17, 15) is 4.79 Å². The minimum Gasteiger partial charge on any atom is -0.350 e. The van der Waals surface area contributed by atoms with Crippen molar-refractivity contribution in [3.05, 3.63) is 18.2 Å². The van der Waals surface area contributed by atoms with E-state index >= 15 is 0 Å². The average Bonchev–Trinajstić information content (AvgIpc) is 2.84. The summed E-state index contributed by atoms with van der Waals surface area (Å²) in [4.78, 5) is 15.6. The third-order valence-corrected chi connectivity index (χ3v) is 2.65. The first-order valence-electron chi connectivity index (χ1n) is 5.22. The Morgan fingerprint density at radius 3 is 3.27 bits per heavy atom. The predicted molar refractivity (Wildman–Crippen MR) is 56.5 cm³/mol. The molecule has 2 rings (SSSR count). The van der Waals surface area contributed by atoms with Gasteiger partial charge < -0.3 is 15.2 Å². The molecule has 1 unspecified atom stereocenters. The highest BCUT2D eigenvalue weighted by molar-refractivity contribution is 5.91. The second-order valence-electron chi connectivity index (χ2n) is 3.99. The second kappa shape index (κ2) is 4.44. The Hall–Kier alpha value is -1.36. The lowest BCUT2D eigenvalue weighted by Gasteiger charge is -2.08. The minimum atomic E-state index is -0.0810. The van der Waals surface area contributed by atoms with Gasteiger partial charge in [-0.3, -0.25) is 4.79 Å². The summed E-state index contributed by atoms with van der Waals surface area (Å²) in [5.74, 6) is 0.486. The first kappa shape index (κ1) is 10.2. The van der Waals surface area contributed by atoms with Crippen LogP contribution in [0, 0.1) is 5.92 Å². The summed E-state index contributed by atoms with van der Waals surface area (Å²) in [5, 5.41) is 6.17. The predicted octanol–water partition coefficient (Wildman–Crippen LogP) is -0.241. The van der Waals surface area contributed by atoms with E-state index in [1.54, 1.807) is 17.1 Å². The summed E-state index contributed by atoms with van der Waals surface area (Å²) in [6, 6.07) is 0. The molecule has 1 fully saturated rings. The van der Waals surface area contributed by atoms with Gasteiger partial charge in [-0.15, -0.1) is 0 Å². The summed E-state index contributed by atoms with van der Waals surface area (Å²) in [7, 11) is 1.85. The van der Waals surface area contributed by atoms with Crippen LogP contribution in [0.5, 0.6) is 0 Å². The molecule has 5 nitrogen and oxygen atoms in total. The van der Waals surface area contributed by atoms with Crippen LogP contribution in [0.25, 0.3) is 0 Å². The summed E-state index contributed by atoms with van der Waals surface area (Å²) >= 11 is 0. The van der Waals surface area contributed by atoms with Crippen LogP contribution in [-0.2, 0) is 7.05 Å². The van der Waals surface area contributed by atoms with Crippen molar-refractivity contribution in [1.29, 1.82) is 0 Å². The van der Waals surface area contributed by atoms with Crippen molar-refractivity contribution in [2.75, 3.05) is 19.6 Å². The van der Waals surface area contributed by atoms with Crippen molar-refractivity contribution >= 4 is 5.91 Å². The molecule has 0 radical (unpaired) electrons. The lowest BCUT2D eigenvalue weighted by molar-refractivity contribution is 0.0943. The second-order valence-corrected chi connectivity index (χ2v) is 3.99. The summed E-state index contributed by atoms with van der Waals surface area (Å²) in [5.41, 5.74) is 0.489. The number of hydrogen-bond donors (Lipinski definition) is 2. The van der Waals surface area contributed by atoms with E-state index in [4.69, 9.17) is 0 Å². The highest BCUT2D eigenvalue weighted by atomic mass is 16.1. The maximum atomic E-state index is 11.6. The van der Waals surface area contributed by atoms with E-state index in [-0.39, 0.29) is 5.91 Å². The molecule has 2 heterocycles. The standard InChI is InChI=1S/C10H16N4O/c1-14-6-9(13-7-14)10(15)12-5-8-2-3-11-4-8/h6-8,11H,2-5H2,1H3,(H,12,15). The van der Waals surface area contributed by atoms with Gasteiger partial charge in [0.15, 0.2) is 0 Å². The third-order valence-electron chi connectivity index (χ3n) is 2.65. The Morgan fingerprint density at radius 2 is 2.67 bits per heavy atom. The number of nitrogens with one attached hydrogen (secondary N) is 2. The Morgan fingerprint density at radius 1 is 1.80 bits per heavy atom. The molecule has 0 aromatic carbocycles. The van der Waals surface area contributed by atoms with Crippen LogP contribution in [0.1, 0.15) is 16.9 Å². The van der Waals surface area contributed by atoms with Gasteiger partial charge in [0.1, 0.15) is 5.69 Å².